The van der Waals surface area contributed by atoms with Gasteiger partial charge in [0.2, 0.25) is 0 Å². The first-order valence-corrected chi connectivity index (χ1v) is 16.1. The molecule has 4 rings (SSSR count). The second-order valence-electron chi connectivity index (χ2n) is 14.4. The molecule has 222 valence electrons. The number of hydrogen-bond donors (Lipinski definition) is 3. The molecule has 39 heavy (non-hydrogen) atoms. The molecule has 4 aliphatic carbocycles. The molecule has 0 aromatic heterocycles. The summed E-state index contributed by atoms with van der Waals surface area (Å²) in [5.74, 6) is 4.20. The van der Waals surface area contributed by atoms with E-state index in [-0.39, 0.29) is 24.0 Å². The molecule has 0 aromatic rings. The first kappa shape index (κ1) is 30.4. The average molecular weight is 545 g/mol. The van der Waals surface area contributed by atoms with Crippen LogP contribution < -0.4 is 10.6 Å². The lowest BCUT2D eigenvalue weighted by Gasteiger charge is -2.58. The van der Waals surface area contributed by atoms with Gasteiger partial charge in [-0.15, -0.1) is 0 Å². The van der Waals surface area contributed by atoms with Crippen LogP contribution in [-0.2, 0) is 9.53 Å². The van der Waals surface area contributed by atoms with Gasteiger partial charge in [0.15, 0.2) is 0 Å². The van der Waals surface area contributed by atoms with Gasteiger partial charge in [-0.25, -0.2) is 4.79 Å². The maximum Gasteiger partial charge on any atom is 0.407 e. The highest BCUT2D eigenvalue weighted by Gasteiger charge is 2.59. The van der Waals surface area contributed by atoms with E-state index in [1.54, 1.807) is 5.57 Å². The molecule has 0 heterocycles. The van der Waals surface area contributed by atoms with Crippen LogP contribution in [0.2, 0.25) is 0 Å². The lowest BCUT2D eigenvalue weighted by molar-refractivity contribution is -0.136. The predicted molar refractivity (Wildman–Crippen MR) is 156 cm³/mol. The van der Waals surface area contributed by atoms with Gasteiger partial charge in [-0.05, 0) is 91.3 Å². The van der Waals surface area contributed by atoms with Gasteiger partial charge in [0.05, 0.1) is 6.42 Å². The molecule has 0 spiro atoms. The number of carboxylic acid groups (broad SMARTS) is 1. The van der Waals surface area contributed by atoms with Gasteiger partial charge in [-0.1, -0.05) is 65.5 Å². The first-order valence-electron chi connectivity index (χ1n) is 16.1. The summed E-state index contributed by atoms with van der Waals surface area (Å²) in [5.41, 5.74) is 2.32. The van der Waals surface area contributed by atoms with Gasteiger partial charge in [0, 0.05) is 26.1 Å². The van der Waals surface area contributed by atoms with Crippen molar-refractivity contribution >= 4 is 12.1 Å². The molecule has 8 atom stereocenters. The van der Waals surface area contributed by atoms with Crippen LogP contribution in [0.4, 0.5) is 4.79 Å². The Balaban J connectivity index is 1.30. The Kier molecular flexibility index (Phi) is 10.1. The van der Waals surface area contributed by atoms with E-state index >= 15 is 0 Å². The van der Waals surface area contributed by atoms with E-state index in [4.69, 9.17) is 9.84 Å². The summed E-state index contributed by atoms with van der Waals surface area (Å²) in [6.07, 6.45) is 16.2. The molecule has 0 bridgehead atoms. The van der Waals surface area contributed by atoms with Crippen molar-refractivity contribution in [1.29, 1.82) is 0 Å². The summed E-state index contributed by atoms with van der Waals surface area (Å²) >= 11 is 0. The van der Waals surface area contributed by atoms with E-state index < -0.39 is 5.97 Å². The summed E-state index contributed by atoms with van der Waals surface area (Å²) < 4.78 is 5.83. The largest absolute Gasteiger partial charge is 0.481 e. The van der Waals surface area contributed by atoms with Crippen molar-refractivity contribution in [3.05, 3.63) is 11.6 Å². The number of amides is 1. The van der Waals surface area contributed by atoms with Crippen molar-refractivity contribution in [1.82, 2.24) is 10.6 Å². The Hall–Kier alpha value is -1.56. The number of alkyl carbamates (subject to hydrolysis) is 1. The van der Waals surface area contributed by atoms with Crippen molar-refractivity contribution in [2.75, 3.05) is 19.6 Å². The smallest absolute Gasteiger partial charge is 0.407 e. The van der Waals surface area contributed by atoms with E-state index in [2.05, 4.69) is 51.3 Å². The molecule has 0 aliphatic heterocycles. The Morgan fingerprint density at radius 3 is 2.56 bits per heavy atom. The molecular weight excluding hydrogens is 488 g/mol. The van der Waals surface area contributed by atoms with Crippen molar-refractivity contribution < 1.29 is 19.4 Å². The molecule has 0 radical (unpaired) electrons. The van der Waals surface area contributed by atoms with Crippen molar-refractivity contribution in [2.45, 2.75) is 118 Å². The van der Waals surface area contributed by atoms with E-state index in [0.29, 0.717) is 25.0 Å². The Morgan fingerprint density at radius 2 is 1.82 bits per heavy atom. The number of carboxylic acids is 1. The van der Waals surface area contributed by atoms with E-state index in [1.807, 2.05) is 0 Å². The van der Waals surface area contributed by atoms with Crippen molar-refractivity contribution in [2.24, 2.45) is 46.3 Å². The monoisotopic (exact) mass is 544 g/mol. The number of carbonyl (C=O) groups is 2. The minimum absolute atomic E-state index is 0.0442. The van der Waals surface area contributed by atoms with E-state index in [1.165, 1.54) is 51.4 Å². The van der Waals surface area contributed by atoms with E-state index in [9.17, 15) is 9.59 Å². The molecule has 0 aromatic carbocycles. The highest BCUT2D eigenvalue weighted by atomic mass is 16.6. The van der Waals surface area contributed by atoms with Crippen LogP contribution in [0.5, 0.6) is 0 Å². The summed E-state index contributed by atoms with van der Waals surface area (Å²) in [7, 11) is 0. The summed E-state index contributed by atoms with van der Waals surface area (Å²) in [4.78, 5) is 23.0. The van der Waals surface area contributed by atoms with Gasteiger partial charge in [0.1, 0.15) is 6.10 Å². The highest BCUT2D eigenvalue weighted by molar-refractivity contribution is 5.67. The maximum absolute atomic E-state index is 12.4. The summed E-state index contributed by atoms with van der Waals surface area (Å²) in [6.45, 7) is 13.8. The normalized spacial score (nSPS) is 36.4. The zero-order chi connectivity index (χ0) is 28.2. The number of aliphatic carboxylic acids is 1. The Labute approximate surface area is 237 Å². The lowest BCUT2D eigenvalue weighted by atomic mass is 9.47. The molecule has 3 N–H and O–H groups in total. The number of allylic oxidation sites excluding steroid dienone is 1. The molecule has 6 heteroatoms. The Bertz CT molecular complexity index is 887. The topological polar surface area (TPSA) is 87.7 Å². The van der Waals surface area contributed by atoms with Crippen LogP contribution >= 0.6 is 0 Å². The summed E-state index contributed by atoms with van der Waals surface area (Å²) in [6, 6.07) is 0. The third kappa shape index (κ3) is 6.85. The maximum atomic E-state index is 12.4. The third-order valence-corrected chi connectivity index (χ3v) is 11.6. The average Bonchev–Trinajstić information content (AvgIpc) is 3.23. The number of carbonyl (C=O) groups excluding carboxylic acids is 1. The lowest BCUT2D eigenvalue weighted by Crippen LogP contribution is -2.51. The molecule has 0 saturated heterocycles. The van der Waals surface area contributed by atoms with Crippen LogP contribution in [0.25, 0.3) is 0 Å². The van der Waals surface area contributed by atoms with Gasteiger partial charge < -0.3 is 20.5 Å². The second-order valence-corrected chi connectivity index (χ2v) is 14.4. The minimum Gasteiger partial charge on any atom is -0.481 e. The number of rotatable bonds is 12. The van der Waals surface area contributed by atoms with Gasteiger partial charge in [-0.2, -0.15) is 0 Å². The molecule has 4 aliphatic rings. The number of fused-ring (bicyclic) bond motifs is 5. The van der Waals surface area contributed by atoms with Crippen LogP contribution in [0.1, 0.15) is 112 Å². The zero-order valence-electron chi connectivity index (χ0n) is 25.4. The molecular formula is C33H56N2O4. The van der Waals surface area contributed by atoms with Gasteiger partial charge in [0.25, 0.3) is 0 Å². The quantitative estimate of drug-likeness (QED) is 0.179. The number of ether oxygens (including phenoxy) is 1. The van der Waals surface area contributed by atoms with Crippen LogP contribution in [-0.4, -0.2) is 42.9 Å². The zero-order valence-corrected chi connectivity index (χ0v) is 25.4. The van der Waals surface area contributed by atoms with Gasteiger partial charge >= 0.3 is 12.1 Å². The molecule has 6 nitrogen and oxygen atoms in total. The fourth-order valence-electron chi connectivity index (χ4n) is 9.52. The molecule has 3 fully saturated rings. The van der Waals surface area contributed by atoms with Crippen molar-refractivity contribution in [3.63, 3.8) is 0 Å². The van der Waals surface area contributed by atoms with Crippen LogP contribution in [0, 0.1) is 46.3 Å². The number of nitrogens with one attached hydrogen (secondary N) is 2. The van der Waals surface area contributed by atoms with E-state index in [0.717, 1.165) is 54.8 Å². The summed E-state index contributed by atoms with van der Waals surface area (Å²) in [5, 5.41) is 14.5. The van der Waals surface area contributed by atoms with Crippen LogP contribution in [0.3, 0.4) is 0 Å². The van der Waals surface area contributed by atoms with Gasteiger partial charge in [-0.3, -0.25) is 4.79 Å². The SMILES string of the molecule is CC(C)CCC[C@@H](C)[C@H]1CC[C@H]2C3CC=C4C[C@@H](OC(=O)NCCNCCC(=O)O)CC[C@]4(C)[C@H]3CC[C@]12C. The standard InChI is InChI=1S/C33H56N2O4/c1-22(2)7-6-8-23(3)27-11-12-28-26-10-9-24-21-25(39-31(38)35-20-19-34-18-15-30(36)37)13-16-32(24,4)29(26)14-17-33(27,28)5/h9,22-23,25-29,34H,6-8,10-21H2,1-5H3,(H,35,38)(H,36,37)/t23-,25+,26?,27-,28+,29+,32+,33-/m1/s1. The van der Waals surface area contributed by atoms with Crippen LogP contribution in [0.15, 0.2) is 11.6 Å². The molecule has 3 saturated carbocycles. The Morgan fingerprint density at radius 1 is 1.03 bits per heavy atom. The highest BCUT2D eigenvalue weighted by Crippen LogP contribution is 2.67. The number of hydrogen-bond acceptors (Lipinski definition) is 4. The fraction of sp³-hybridized carbons (Fsp3) is 0.879. The van der Waals surface area contributed by atoms with Crippen molar-refractivity contribution in [3.8, 4) is 0 Å². The predicted octanol–water partition coefficient (Wildman–Crippen LogP) is 7.19. The third-order valence-electron chi connectivity index (χ3n) is 11.6. The first-order chi connectivity index (χ1) is 18.5. The minimum atomic E-state index is -0.820. The second kappa shape index (κ2) is 13.0. The molecule has 1 unspecified atom stereocenters. The molecule has 1 amide bonds. The fourth-order valence-corrected chi connectivity index (χ4v) is 9.52.